The van der Waals surface area contributed by atoms with Gasteiger partial charge < -0.3 is 5.32 Å². The first kappa shape index (κ1) is 18.0. The summed E-state index contributed by atoms with van der Waals surface area (Å²) < 4.78 is 13.1. The average Bonchev–Trinajstić information content (AvgIpc) is 3.07. The number of nitrogens with one attached hydrogen (secondary N) is 1. The summed E-state index contributed by atoms with van der Waals surface area (Å²) in [5.41, 5.74) is 3.90. The van der Waals surface area contributed by atoms with E-state index in [2.05, 4.69) is 39.9 Å². The Balaban J connectivity index is 1.47. The van der Waals surface area contributed by atoms with E-state index in [1.807, 2.05) is 6.92 Å². The van der Waals surface area contributed by atoms with Crippen LogP contribution in [-0.2, 0) is 11.2 Å². The molecule has 0 aliphatic rings. The van der Waals surface area contributed by atoms with Crippen LogP contribution in [0.3, 0.4) is 0 Å². The van der Waals surface area contributed by atoms with Crippen molar-refractivity contribution in [2.75, 3.05) is 6.54 Å². The molecule has 5 heteroatoms. The van der Waals surface area contributed by atoms with E-state index in [9.17, 15) is 9.18 Å². The van der Waals surface area contributed by atoms with Crippen molar-refractivity contribution in [1.82, 2.24) is 10.3 Å². The Hall–Kier alpha value is -2.79. The SMILES string of the molecule is Cc1nc(-c2ccc(CCNC(=O)C=Cc3cccc(F)c3)cc2)cs1. The highest BCUT2D eigenvalue weighted by Crippen LogP contribution is 2.21. The van der Waals surface area contributed by atoms with Crippen LogP contribution in [0.25, 0.3) is 17.3 Å². The molecule has 0 saturated carbocycles. The molecule has 0 radical (unpaired) electrons. The number of carbonyl (C=O) groups excluding carboxylic acids is 1. The molecule has 3 nitrogen and oxygen atoms in total. The van der Waals surface area contributed by atoms with Gasteiger partial charge in [-0.25, -0.2) is 9.37 Å². The molecule has 0 spiro atoms. The number of hydrogen-bond donors (Lipinski definition) is 1. The number of aromatic nitrogens is 1. The van der Waals surface area contributed by atoms with Gasteiger partial charge in [0, 0.05) is 23.6 Å². The summed E-state index contributed by atoms with van der Waals surface area (Å²) in [7, 11) is 0. The molecule has 3 aromatic rings. The Morgan fingerprint density at radius 1 is 1.23 bits per heavy atom. The third-order valence-electron chi connectivity index (χ3n) is 3.86. The average molecular weight is 366 g/mol. The molecule has 0 aliphatic heterocycles. The third kappa shape index (κ3) is 5.10. The number of thiazole rings is 1. The van der Waals surface area contributed by atoms with E-state index in [0.717, 1.165) is 28.2 Å². The summed E-state index contributed by atoms with van der Waals surface area (Å²) in [5, 5.41) is 5.94. The first-order valence-electron chi connectivity index (χ1n) is 8.33. The van der Waals surface area contributed by atoms with Gasteiger partial charge in [-0.2, -0.15) is 0 Å². The molecule has 2 aromatic carbocycles. The Morgan fingerprint density at radius 2 is 2.04 bits per heavy atom. The molecule has 0 fully saturated rings. The van der Waals surface area contributed by atoms with E-state index >= 15 is 0 Å². The van der Waals surface area contributed by atoms with Gasteiger partial charge in [0.15, 0.2) is 0 Å². The molecular formula is C21H19FN2OS. The predicted octanol–water partition coefficient (Wildman–Crippen LogP) is 4.63. The molecule has 0 unspecified atom stereocenters. The van der Waals surface area contributed by atoms with Crippen LogP contribution in [0, 0.1) is 12.7 Å². The highest BCUT2D eigenvalue weighted by Gasteiger charge is 2.02. The van der Waals surface area contributed by atoms with Crippen LogP contribution in [0.1, 0.15) is 16.1 Å². The zero-order valence-corrected chi connectivity index (χ0v) is 15.2. The second-order valence-corrected chi connectivity index (χ2v) is 6.94. The minimum absolute atomic E-state index is 0.191. The van der Waals surface area contributed by atoms with Gasteiger partial charge in [-0.15, -0.1) is 11.3 Å². The lowest BCUT2D eigenvalue weighted by Gasteiger charge is -2.04. The summed E-state index contributed by atoms with van der Waals surface area (Å²) in [6, 6.07) is 14.3. The lowest BCUT2D eigenvalue weighted by atomic mass is 10.1. The fraction of sp³-hybridized carbons (Fsp3) is 0.143. The number of hydrogen-bond acceptors (Lipinski definition) is 3. The first-order valence-corrected chi connectivity index (χ1v) is 9.21. The molecule has 1 N–H and O–H groups in total. The summed E-state index contributed by atoms with van der Waals surface area (Å²) in [6.45, 7) is 2.54. The fourth-order valence-electron chi connectivity index (χ4n) is 2.51. The largest absolute Gasteiger partial charge is 0.352 e. The zero-order chi connectivity index (χ0) is 18.4. The van der Waals surface area contributed by atoms with E-state index < -0.39 is 0 Å². The van der Waals surface area contributed by atoms with Crippen LogP contribution in [0.15, 0.2) is 60.0 Å². The number of halogens is 1. The van der Waals surface area contributed by atoms with Crippen molar-refractivity contribution in [1.29, 1.82) is 0 Å². The van der Waals surface area contributed by atoms with Crippen LogP contribution >= 0.6 is 11.3 Å². The minimum atomic E-state index is -0.316. The molecule has 0 saturated heterocycles. The Bertz CT molecular complexity index is 916. The van der Waals surface area contributed by atoms with Gasteiger partial charge in [-0.05, 0) is 42.7 Å². The Labute approximate surface area is 156 Å². The van der Waals surface area contributed by atoms with E-state index in [4.69, 9.17) is 0 Å². The molecule has 26 heavy (non-hydrogen) atoms. The summed E-state index contributed by atoms with van der Waals surface area (Å²) in [6.07, 6.45) is 3.77. The van der Waals surface area contributed by atoms with Crippen LogP contribution in [0.4, 0.5) is 4.39 Å². The third-order valence-corrected chi connectivity index (χ3v) is 4.63. The summed E-state index contributed by atoms with van der Waals surface area (Å²) in [5.74, 6) is -0.507. The summed E-state index contributed by atoms with van der Waals surface area (Å²) >= 11 is 1.64. The number of benzene rings is 2. The van der Waals surface area contributed by atoms with Crippen molar-refractivity contribution < 1.29 is 9.18 Å². The quantitative estimate of drug-likeness (QED) is 0.646. The molecular weight excluding hydrogens is 347 g/mol. The maximum atomic E-state index is 13.1. The molecule has 1 aromatic heterocycles. The lowest BCUT2D eigenvalue weighted by Crippen LogP contribution is -2.23. The minimum Gasteiger partial charge on any atom is -0.352 e. The number of aryl methyl sites for hydroxylation is 1. The number of rotatable bonds is 6. The zero-order valence-electron chi connectivity index (χ0n) is 14.4. The van der Waals surface area contributed by atoms with Gasteiger partial charge in [0.2, 0.25) is 5.91 Å². The van der Waals surface area contributed by atoms with Gasteiger partial charge in [-0.1, -0.05) is 36.4 Å². The lowest BCUT2D eigenvalue weighted by molar-refractivity contribution is -0.116. The second kappa shape index (κ2) is 8.54. The van der Waals surface area contributed by atoms with E-state index in [-0.39, 0.29) is 11.7 Å². The van der Waals surface area contributed by atoms with E-state index in [0.29, 0.717) is 12.1 Å². The monoisotopic (exact) mass is 366 g/mol. The maximum Gasteiger partial charge on any atom is 0.244 e. The maximum absolute atomic E-state index is 13.1. The van der Waals surface area contributed by atoms with Gasteiger partial charge >= 0.3 is 0 Å². The van der Waals surface area contributed by atoms with Gasteiger partial charge in [0.05, 0.1) is 10.7 Å². The second-order valence-electron chi connectivity index (χ2n) is 5.88. The standard InChI is InChI=1S/C21H19FN2OS/c1-15-24-20(14-26-15)18-8-5-16(6-9-18)11-12-23-21(25)10-7-17-3-2-4-19(22)13-17/h2-10,13-14H,11-12H2,1H3,(H,23,25). The normalized spacial score (nSPS) is 11.0. The van der Waals surface area contributed by atoms with Crippen molar-refractivity contribution in [3.05, 3.63) is 81.9 Å². The fourth-order valence-corrected chi connectivity index (χ4v) is 3.13. The molecule has 132 valence electrons. The number of carbonyl (C=O) groups is 1. The van der Waals surface area contributed by atoms with Gasteiger partial charge in [-0.3, -0.25) is 4.79 Å². The van der Waals surface area contributed by atoms with Crippen molar-refractivity contribution in [2.45, 2.75) is 13.3 Å². The number of nitrogens with zero attached hydrogens (tertiary/aromatic N) is 1. The predicted molar refractivity (Wildman–Crippen MR) is 104 cm³/mol. The van der Waals surface area contributed by atoms with Crippen LogP contribution in [0.2, 0.25) is 0 Å². The summed E-state index contributed by atoms with van der Waals surface area (Å²) in [4.78, 5) is 16.3. The molecule has 1 heterocycles. The molecule has 0 bridgehead atoms. The first-order chi connectivity index (χ1) is 12.6. The van der Waals surface area contributed by atoms with Crippen LogP contribution in [0.5, 0.6) is 0 Å². The Kier molecular flexibility index (Phi) is 5.92. The number of amides is 1. The molecule has 0 atom stereocenters. The van der Waals surface area contributed by atoms with Crippen LogP contribution < -0.4 is 5.32 Å². The highest BCUT2D eigenvalue weighted by atomic mass is 32.1. The van der Waals surface area contributed by atoms with Gasteiger partial charge in [0.1, 0.15) is 5.82 Å². The van der Waals surface area contributed by atoms with Crippen molar-refractivity contribution in [3.8, 4) is 11.3 Å². The van der Waals surface area contributed by atoms with Crippen molar-refractivity contribution in [2.24, 2.45) is 0 Å². The molecule has 0 aliphatic carbocycles. The van der Waals surface area contributed by atoms with Crippen molar-refractivity contribution in [3.63, 3.8) is 0 Å². The Morgan fingerprint density at radius 3 is 2.73 bits per heavy atom. The van der Waals surface area contributed by atoms with E-state index in [1.165, 1.54) is 18.2 Å². The van der Waals surface area contributed by atoms with E-state index in [1.54, 1.807) is 29.5 Å². The molecule has 1 amide bonds. The van der Waals surface area contributed by atoms with Gasteiger partial charge in [0.25, 0.3) is 0 Å². The van der Waals surface area contributed by atoms with Crippen molar-refractivity contribution >= 4 is 23.3 Å². The smallest absolute Gasteiger partial charge is 0.244 e. The highest BCUT2D eigenvalue weighted by molar-refractivity contribution is 7.09. The molecule has 3 rings (SSSR count). The van der Waals surface area contributed by atoms with Crippen LogP contribution in [-0.4, -0.2) is 17.4 Å². The topological polar surface area (TPSA) is 42.0 Å².